The van der Waals surface area contributed by atoms with Crippen LogP contribution in [0.5, 0.6) is 0 Å². The summed E-state index contributed by atoms with van der Waals surface area (Å²) in [5, 5.41) is 21.6. The number of carbonyl (C=O) groups excluding carboxylic acids is 1. The Kier molecular flexibility index (Phi) is 3.44. The molecule has 3 heteroatoms. The standard InChI is InChI=1S/C15H14O3/c16-14(17)11-15(18,12-7-3-1-4-8-12)13-9-5-2-6-10-13/h1-10,18H,11H2,(H,16,17)/p-1. The van der Waals surface area contributed by atoms with Crippen LogP contribution in [0.25, 0.3) is 0 Å². The highest BCUT2D eigenvalue weighted by Gasteiger charge is 2.31. The first-order valence-corrected chi connectivity index (χ1v) is 5.66. The summed E-state index contributed by atoms with van der Waals surface area (Å²) >= 11 is 0. The molecule has 0 aromatic heterocycles. The molecule has 0 aliphatic heterocycles. The van der Waals surface area contributed by atoms with E-state index < -0.39 is 18.0 Å². The molecule has 0 saturated heterocycles. The Morgan fingerprint density at radius 2 is 1.33 bits per heavy atom. The second kappa shape index (κ2) is 5.02. The van der Waals surface area contributed by atoms with Gasteiger partial charge in [0.05, 0.1) is 0 Å². The fourth-order valence-corrected chi connectivity index (χ4v) is 2.01. The maximum atomic E-state index is 10.9. The number of benzene rings is 2. The number of hydrogen-bond donors (Lipinski definition) is 1. The molecule has 2 rings (SSSR count). The van der Waals surface area contributed by atoms with Crippen LogP contribution < -0.4 is 5.11 Å². The van der Waals surface area contributed by atoms with Crippen molar-refractivity contribution in [1.29, 1.82) is 0 Å². The Morgan fingerprint density at radius 1 is 0.944 bits per heavy atom. The van der Waals surface area contributed by atoms with Gasteiger partial charge >= 0.3 is 0 Å². The molecule has 2 aromatic carbocycles. The number of rotatable bonds is 4. The third-order valence-electron chi connectivity index (χ3n) is 2.90. The van der Waals surface area contributed by atoms with Crippen LogP contribution in [0.3, 0.4) is 0 Å². The molecule has 0 heterocycles. The highest BCUT2D eigenvalue weighted by atomic mass is 16.4. The van der Waals surface area contributed by atoms with Crippen LogP contribution in [0.15, 0.2) is 60.7 Å². The van der Waals surface area contributed by atoms with Crippen LogP contribution in [0.4, 0.5) is 0 Å². The molecule has 0 aliphatic carbocycles. The number of carboxylic acids is 1. The Hall–Kier alpha value is -2.13. The van der Waals surface area contributed by atoms with Gasteiger partial charge in [0.15, 0.2) is 0 Å². The van der Waals surface area contributed by atoms with Gasteiger partial charge in [-0.2, -0.15) is 0 Å². The van der Waals surface area contributed by atoms with Crippen molar-refractivity contribution in [2.75, 3.05) is 0 Å². The van der Waals surface area contributed by atoms with E-state index in [0.29, 0.717) is 11.1 Å². The van der Waals surface area contributed by atoms with Crippen LogP contribution in [0, 0.1) is 0 Å². The van der Waals surface area contributed by atoms with Crippen LogP contribution >= 0.6 is 0 Å². The zero-order valence-corrected chi connectivity index (χ0v) is 9.74. The lowest BCUT2D eigenvalue weighted by Crippen LogP contribution is -2.36. The summed E-state index contributed by atoms with van der Waals surface area (Å²) in [5.41, 5.74) is -0.470. The normalized spacial score (nSPS) is 11.2. The first-order valence-electron chi connectivity index (χ1n) is 5.66. The lowest BCUT2D eigenvalue weighted by atomic mass is 9.84. The molecule has 0 saturated carbocycles. The first-order chi connectivity index (χ1) is 8.63. The second-order valence-electron chi connectivity index (χ2n) is 4.14. The van der Waals surface area contributed by atoms with E-state index in [4.69, 9.17) is 0 Å². The zero-order chi connectivity index (χ0) is 13.0. The molecule has 0 spiro atoms. The minimum atomic E-state index is -1.55. The van der Waals surface area contributed by atoms with Crippen molar-refractivity contribution in [3.8, 4) is 0 Å². The van der Waals surface area contributed by atoms with E-state index in [1.807, 2.05) is 12.1 Å². The molecule has 92 valence electrons. The third kappa shape index (κ3) is 2.41. The zero-order valence-electron chi connectivity index (χ0n) is 9.74. The summed E-state index contributed by atoms with van der Waals surface area (Å²) in [5.74, 6) is -1.29. The molecule has 2 aromatic rings. The minimum absolute atomic E-state index is 0.471. The quantitative estimate of drug-likeness (QED) is 0.870. The Labute approximate surface area is 105 Å². The van der Waals surface area contributed by atoms with E-state index in [9.17, 15) is 15.0 Å². The van der Waals surface area contributed by atoms with E-state index in [2.05, 4.69) is 0 Å². The largest absolute Gasteiger partial charge is 0.550 e. The van der Waals surface area contributed by atoms with Crippen molar-refractivity contribution in [2.45, 2.75) is 12.0 Å². The molecule has 0 aliphatic rings. The lowest BCUT2D eigenvalue weighted by molar-refractivity contribution is -0.309. The fourth-order valence-electron chi connectivity index (χ4n) is 2.01. The number of aliphatic carboxylic acids is 1. The van der Waals surface area contributed by atoms with Crippen molar-refractivity contribution in [3.05, 3.63) is 71.8 Å². The molecule has 0 fully saturated rings. The molecule has 0 radical (unpaired) electrons. The van der Waals surface area contributed by atoms with Gasteiger partial charge in [0.1, 0.15) is 5.60 Å². The highest BCUT2D eigenvalue weighted by molar-refractivity contribution is 5.67. The molecule has 0 amide bonds. The molecule has 3 nitrogen and oxygen atoms in total. The predicted octanol–water partition coefficient (Wildman–Crippen LogP) is 1.06. The van der Waals surface area contributed by atoms with Crippen LogP contribution in [0.2, 0.25) is 0 Å². The van der Waals surface area contributed by atoms with Crippen molar-refractivity contribution >= 4 is 5.97 Å². The van der Waals surface area contributed by atoms with Crippen molar-refractivity contribution < 1.29 is 15.0 Å². The van der Waals surface area contributed by atoms with Gasteiger partial charge in [-0.15, -0.1) is 0 Å². The summed E-state index contributed by atoms with van der Waals surface area (Å²) in [6.45, 7) is 0. The van der Waals surface area contributed by atoms with Gasteiger partial charge < -0.3 is 15.0 Å². The van der Waals surface area contributed by atoms with E-state index in [1.54, 1.807) is 48.5 Å². The third-order valence-corrected chi connectivity index (χ3v) is 2.90. The monoisotopic (exact) mass is 241 g/mol. The van der Waals surface area contributed by atoms with Gasteiger partial charge in [0.2, 0.25) is 0 Å². The van der Waals surface area contributed by atoms with Gasteiger partial charge in [-0.3, -0.25) is 0 Å². The van der Waals surface area contributed by atoms with Gasteiger partial charge in [-0.05, 0) is 11.1 Å². The summed E-state index contributed by atoms with van der Waals surface area (Å²) < 4.78 is 0. The van der Waals surface area contributed by atoms with E-state index in [-0.39, 0.29) is 0 Å². The average Bonchev–Trinajstić information content (AvgIpc) is 2.40. The van der Waals surface area contributed by atoms with Crippen LogP contribution in [0.1, 0.15) is 17.5 Å². The molecular weight excluding hydrogens is 228 g/mol. The smallest absolute Gasteiger partial charge is 0.120 e. The van der Waals surface area contributed by atoms with E-state index >= 15 is 0 Å². The maximum Gasteiger partial charge on any atom is 0.120 e. The molecular formula is C15H13O3-. The second-order valence-corrected chi connectivity index (χ2v) is 4.14. The van der Waals surface area contributed by atoms with Gasteiger partial charge in [0.25, 0.3) is 0 Å². The van der Waals surface area contributed by atoms with Gasteiger partial charge in [-0.25, -0.2) is 0 Å². The lowest BCUT2D eigenvalue weighted by Gasteiger charge is -2.29. The number of carboxylic acid groups (broad SMARTS) is 1. The summed E-state index contributed by atoms with van der Waals surface area (Å²) in [4.78, 5) is 10.9. The number of carbonyl (C=O) groups is 1. The molecule has 0 unspecified atom stereocenters. The fraction of sp³-hybridized carbons (Fsp3) is 0.133. The summed E-state index contributed by atoms with van der Waals surface area (Å²) in [6, 6.07) is 17.5. The van der Waals surface area contributed by atoms with Crippen molar-refractivity contribution in [1.82, 2.24) is 0 Å². The number of aliphatic hydroxyl groups is 1. The molecule has 18 heavy (non-hydrogen) atoms. The minimum Gasteiger partial charge on any atom is -0.550 e. The van der Waals surface area contributed by atoms with Gasteiger partial charge in [0, 0.05) is 12.4 Å². The maximum absolute atomic E-state index is 10.9. The van der Waals surface area contributed by atoms with Crippen molar-refractivity contribution in [2.24, 2.45) is 0 Å². The summed E-state index contributed by atoms with van der Waals surface area (Å²) in [7, 11) is 0. The van der Waals surface area contributed by atoms with E-state index in [1.165, 1.54) is 0 Å². The van der Waals surface area contributed by atoms with Gasteiger partial charge in [-0.1, -0.05) is 60.7 Å². The highest BCUT2D eigenvalue weighted by Crippen LogP contribution is 2.32. The van der Waals surface area contributed by atoms with Crippen molar-refractivity contribution in [3.63, 3.8) is 0 Å². The Bertz CT molecular complexity index is 480. The topological polar surface area (TPSA) is 60.4 Å². The molecule has 0 bridgehead atoms. The Balaban J connectivity index is 2.51. The Morgan fingerprint density at radius 3 is 1.67 bits per heavy atom. The predicted molar refractivity (Wildman–Crippen MR) is 65.5 cm³/mol. The molecule has 0 atom stereocenters. The SMILES string of the molecule is O=C([O-])CC(O)(c1ccccc1)c1ccccc1. The molecule has 1 N–H and O–H groups in total. The average molecular weight is 241 g/mol. The first kappa shape index (κ1) is 12.3. The van der Waals surface area contributed by atoms with Crippen LogP contribution in [-0.4, -0.2) is 11.1 Å². The summed E-state index contributed by atoms with van der Waals surface area (Å²) in [6.07, 6.45) is -0.471. The van der Waals surface area contributed by atoms with E-state index in [0.717, 1.165) is 0 Å². The van der Waals surface area contributed by atoms with Crippen LogP contribution in [-0.2, 0) is 10.4 Å². The number of hydrogen-bond acceptors (Lipinski definition) is 3.